The Labute approximate surface area is 237 Å². The number of ether oxygens (including phenoxy) is 1. The van der Waals surface area contributed by atoms with Crippen molar-refractivity contribution in [1.82, 2.24) is 20.9 Å². The number of aliphatic hydroxyl groups is 2. The summed E-state index contributed by atoms with van der Waals surface area (Å²) in [7, 11) is 0. The largest absolute Gasteiger partial charge is 0.395 e. The van der Waals surface area contributed by atoms with Gasteiger partial charge >= 0.3 is 0 Å². The van der Waals surface area contributed by atoms with E-state index in [0.29, 0.717) is 43.2 Å². The Kier molecular flexibility index (Phi) is 11.5. The first kappa shape index (κ1) is 31.2. The average molecular weight is 551 g/mol. The van der Waals surface area contributed by atoms with E-state index in [1.807, 2.05) is 6.92 Å². The van der Waals surface area contributed by atoms with Crippen LogP contribution < -0.4 is 16.0 Å². The lowest BCUT2D eigenvalue weighted by molar-refractivity contribution is -0.141. The predicted molar refractivity (Wildman–Crippen MR) is 155 cm³/mol. The molecule has 39 heavy (non-hydrogen) atoms. The van der Waals surface area contributed by atoms with Crippen molar-refractivity contribution in [2.24, 2.45) is 41.4 Å². The summed E-state index contributed by atoms with van der Waals surface area (Å²) < 4.78 is 5.97. The van der Waals surface area contributed by atoms with Crippen molar-refractivity contribution in [3.05, 3.63) is 0 Å². The van der Waals surface area contributed by atoms with Crippen molar-refractivity contribution >= 4 is 5.91 Å². The maximum atomic E-state index is 12.5. The summed E-state index contributed by atoms with van der Waals surface area (Å²) >= 11 is 0. The van der Waals surface area contributed by atoms with Gasteiger partial charge in [-0.1, -0.05) is 40.5 Å². The zero-order valence-electron chi connectivity index (χ0n) is 25.3. The Hall–Kier alpha value is -0.770. The van der Waals surface area contributed by atoms with Crippen molar-refractivity contribution < 1.29 is 19.7 Å². The van der Waals surface area contributed by atoms with Gasteiger partial charge in [0.05, 0.1) is 37.3 Å². The minimum Gasteiger partial charge on any atom is -0.395 e. The molecule has 0 aromatic rings. The molecule has 8 heteroatoms. The Morgan fingerprint density at radius 2 is 1.31 bits per heavy atom. The maximum Gasteiger partial charge on any atom is 0.248 e. The fraction of sp³-hybridized carbons (Fsp3) is 0.968. The van der Waals surface area contributed by atoms with Crippen LogP contribution in [0.5, 0.6) is 0 Å². The normalized spacial score (nSPS) is 43.7. The first-order valence-corrected chi connectivity index (χ1v) is 16.2. The third kappa shape index (κ3) is 7.95. The zero-order valence-corrected chi connectivity index (χ0v) is 25.3. The fourth-order valence-electron chi connectivity index (χ4n) is 8.37. The van der Waals surface area contributed by atoms with E-state index in [0.717, 1.165) is 24.7 Å². The molecule has 226 valence electrons. The fourth-order valence-corrected chi connectivity index (χ4v) is 8.37. The van der Waals surface area contributed by atoms with Gasteiger partial charge in [-0.3, -0.25) is 20.7 Å². The Balaban J connectivity index is 1.40. The highest BCUT2D eigenvalue weighted by atomic mass is 16.5. The summed E-state index contributed by atoms with van der Waals surface area (Å²) in [4.78, 5) is 14.1. The van der Waals surface area contributed by atoms with Crippen molar-refractivity contribution in [3.8, 4) is 0 Å². The minimum atomic E-state index is -0.476. The van der Waals surface area contributed by atoms with E-state index < -0.39 is 6.10 Å². The molecule has 4 fully saturated rings. The molecule has 1 saturated heterocycles. The lowest BCUT2D eigenvalue weighted by Crippen LogP contribution is -2.74. The molecule has 4 aliphatic rings. The quantitative estimate of drug-likeness (QED) is 0.300. The molecule has 0 aromatic carbocycles. The molecular weight excluding hydrogens is 492 g/mol. The molecule has 11 unspecified atom stereocenters. The molecule has 0 spiro atoms. The monoisotopic (exact) mass is 550 g/mol. The summed E-state index contributed by atoms with van der Waals surface area (Å²) in [5, 5.41) is 32.5. The van der Waals surface area contributed by atoms with Gasteiger partial charge in [0.2, 0.25) is 5.91 Å². The van der Waals surface area contributed by atoms with Crippen LogP contribution in [0.15, 0.2) is 0 Å². The number of rotatable bonds is 9. The Morgan fingerprint density at radius 3 is 1.77 bits per heavy atom. The molecular formula is C31H58N4O4. The second kappa shape index (κ2) is 14.4. The second-order valence-corrected chi connectivity index (χ2v) is 13.7. The van der Waals surface area contributed by atoms with E-state index >= 15 is 0 Å². The molecule has 5 N–H and O–H groups in total. The summed E-state index contributed by atoms with van der Waals surface area (Å²) in [6, 6.07) is 0. The van der Waals surface area contributed by atoms with Crippen LogP contribution in [0.3, 0.4) is 0 Å². The zero-order chi connectivity index (χ0) is 28.1. The van der Waals surface area contributed by atoms with Crippen molar-refractivity contribution in [3.63, 3.8) is 0 Å². The number of likely N-dealkylation sites (N-methyl/N-ethyl adjacent to an activating group) is 1. The first-order chi connectivity index (χ1) is 18.7. The molecule has 3 aliphatic carbocycles. The van der Waals surface area contributed by atoms with E-state index in [2.05, 4.69) is 43.6 Å². The summed E-state index contributed by atoms with van der Waals surface area (Å²) in [5.41, 5.74) is 0. The third-order valence-corrected chi connectivity index (χ3v) is 10.7. The van der Waals surface area contributed by atoms with Crippen LogP contribution in [0.1, 0.15) is 92.4 Å². The minimum absolute atomic E-state index is 0.0138. The van der Waals surface area contributed by atoms with Crippen LogP contribution in [0.25, 0.3) is 0 Å². The number of nitrogens with zero attached hydrogens (tertiary/aromatic N) is 1. The molecule has 1 aliphatic heterocycles. The summed E-state index contributed by atoms with van der Waals surface area (Å²) in [6.07, 6.45) is 9.98. The number of nitrogens with one attached hydrogen (secondary N) is 3. The average Bonchev–Trinajstić information content (AvgIpc) is 2.90. The molecule has 0 aromatic heterocycles. The number of hydrogen-bond donors (Lipinski definition) is 5. The number of carbonyl (C=O) groups excluding carboxylic acids is 1. The van der Waals surface area contributed by atoms with Gasteiger partial charge in [-0.2, -0.15) is 0 Å². The van der Waals surface area contributed by atoms with Crippen molar-refractivity contribution in [1.29, 1.82) is 0 Å². The molecule has 1 amide bonds. The highest BCUT2D eigenvalue weighted by Crippen LogP contribution is 2.40. The Bertz CT molecular complexity index is 737. The van der Waals surface area contributed by atoms with Crippen LogP contribution in [0, 0.1) is 41.4 Å². The number of hydrogen-bond acceptors (Lipinski definition) is 7. The van der Waals surface area contributed by atoms with Gasteiger partial charge in [0, 0.05) is 19.0 Å². The molecule has 0 radical (unpaired) electrons. The summed E-state index contributed by atoms with van der Waals surface area (Å²) in [6.45, 7) is 12.4. The number of aliphatic hydroxyl groups excluding tert-OH is 2. The SMILES string of the molecule is CCN(CCO)C(=O)COC1CCC(C2NC(C3CCC(C)CC3C)NC(C3CCC(C)CC3C)N2)C(O)C1. The number of carbonyl (C=O) groups is 1. The van der Waals surface area contributed by atoms with Gasteiger partial charge in [-0.05, 0) is 87.4 Å². The van der Waals surface area contributed by atoms with E-state index in [4.69, 9.17) is 4.74 Å². The lowest BCUT2D eigenvalue weighted by atomic mass is 9.71. The van der Waals surface area contributed by atoms with Crippen molar-refractivity contribution in [2.75, 3.05) is 26.3 Å². The third-order valence-electron chi connectivity index (χ3n) is 10.7. The highest BCUT2D eigenvalue weighted by Gasteiger charge is 2.45. The molecule has 0 bridgehead atoms. The van der Waals surface area contributed by atoms with Crippen LogP contribution in [0.4, 0.5) is 0 Å². The van der Waals surface area contributed by atoms with Crippen LogP contribution >= 0.6 is 0 Å². The first-order valence-electron chi connectivity index (χ1n) is 16.2. The second-order valence-electron chi connectivity index (χ2n) is 13.7. The van der Waals surface area contributed by atoms with Gasteiger partial charge in [-0.25, -0.2) is 0 Å². The molecule has 4 rings (SSSR count). The summed E-state index contributed by atoms with van der Waals surface area (Å²) in [5.74, 6) is 4.21. The Morgan fingerprint density at radius 1 is 0.795 bits per heavy atom. The van der Waals surface area contributed by atoms with E-state index in [-0.39, 0.29) is 49.6 Å². The van der Waals surface area contributed by atoms with Gasteiger partial charge < -0.3 is 19.8 Å². The predicted octanol–water partition coefficient (Wildman–Crippen LogP) is 3.28. The highest BCUT2D eigenvalue weighted by molar-refractivity contribution is 5.77. The van der Waals surface area contributed by atoms with E-state index in [1.165, 1.54) is 38.5 Å². The van der Waals surface area contributed by atoms with E-state index in [1.54, 1.807) is 4.90 Å². The van der Waals surface area contributed by atoms with Crippen LogP contribution in [0.2, 0.25) is 0 Å². The van der Waals surface area contributed by atoms with Gasteiger partial charge in [0.1, 0.15) is 6.61 Å². The molecule has 8 nitrogen and oxygen atoms in total. The van der Waals surface area contributed by atoms with Gasteiger partial charge in [0.15, 0.2) is 0 Å². The standard InChI is InChI=1S/C31H58N4O4/c1-6-35(13-14-36)28(38)18-39-23-9-12-26(27(37)17-23)31-33-29(24-10-7-19(2)15-21(24)4)32-30(34-31)25-11-8-20(3)16-22(25)5/h19-27,29-34,36-37H,6-18H2,1-5H3. The maximum absolute atomic E-state index is 12.5. The van der Waals surface area contributed by atoms with Crippen LogP contribution in [-0.4, -0.2) is 78.0 Å². The van der Waals surface area contributed by atoms with E-state index in [9.17, 15) is 15.0 Å². The lowest BCUT2D eigenvalue weighted by Gasteiger charge is -2.52. The van der Waals surface area contributed by atoms with Gasteiger partial charge in [0.25, 0.3) is 0 Å². The molecule has 11 atom stereocenters. The van der Waals surface area contributed by atoms with Crippen LogP contribution in [-0.2, 0) is 9.53 Å². The van der Waals surface area contributed by atoms with Crippen molar-refractivity contribution in [2.45, 2.75) is 123 Å². The molecule has 3 saturated carbocycles. The van der Waals surface area contributed by atoms with Gasteiger partial charge in [-0.15, -0.1) is 0 Å². The number of amides is 1. The topological polar surface area (TPSA) is 106 Å². The molecule has 1 heterocycles. The smallest absolute Gasteiger partial charge is 0.248 e.